The Hall–Kier alpha value is -4.53. The summed E-state index contributed by atoms with van der Waals surface area (Å²) >= 11 is 0. The fourth-order valence-electron chi connectivity index (χ4n) is 5.58. The van der Waals surface area contributed by atoms with E-state index in [9.17, 15) is 27.6 Å². The van der Waals surface area contributed by atoms with Crippen molar-refractivity contribution in [2.45, 2.75) is 18.8 Å². The SMILES string of the molecule is O=C1NCCc2c1cc(-c1ccnc(/C=C/c3ccccc3C(=O)N3CCOC(N4CCOCC4)C3)c1)n2OC(=O)C(F)(F)F. The van der Waals surface area contributed by atoms with Crippen molar-refractivity contribution in [2.75, 3.05) is 52.5 Å². The summed E-state index contributed by atoms with van der Waals surface area (Å²) in [6.07, 6.45) is -0.397. The van der Waals surface area contributed by atoms with E-state index in [1.807, 2.05) is 12.1 Å². The molecule has 0 spiro atoms. The number of hydrogen-bond donors (Lipinski definition) is 1. The third-order valence-electron chi connectivity index (χ3n) is 7.84. The molecule has 3 aliphatic rings. The van der Waals surface area contributed by atoms with Gasteiger partial charge in [-0.05, 0) is 35.9 Å². The first-order valence-electron chi connectivity index (χ1n) is 14.5. The maximum absolute atomic E-state index is 13.6. The lowest BCUT2D eigenvalue weighted by Gasteiger charge is -2.40. The predicted octanol–water partition coefficient (Wildman–Crippen LogP) is 2.65. The standard InChI is InChI=1S/C31H30F3N5O6/c32-31(33,34)30(42)45-39-25-8-10-36-28(40)24(25)18-26(39)21-7-9-35-22(17-21)6-5-20-3-1-2-4-23(20)29(41)38-13-16-44-27(19-38)37-11-14-43-15-12-37/h1-7,9,17-18,27H,8,10-16,19H2,(H,36,40)/b6-5+. The van der Waals surface area contributed by atoms with Gasteiger partial charge in [0.15, 0.2) is 0 Å². The second-order valence-corrected chi connectivity index (χ2v) is 10.7. The number of pyridine rings is 1. The summed E-state index contributed by atoms with van der Waals surface area (Å²) in [4.78, 5) is 50.9. The van der Waals surface area contributed by atoms with Crippen LogP contribution in [0.2, 0.25) is 0 Å². The number of nitrogens with zero attached hydrogens (tertiary/aromatic N) is 4. The van der Waals surface area contributed by atoms with Gasteiger partial charge in [-0.2, -0.15) is 17.9 Å². The molecule has 2 amide bonds. The normalized spacial score (nSPS) is 19.3. The van der Waals surface area contributed by atoms with Crippen LogP contribution in [0.3, 0.4) is 0 Å². The largest absolute Gasteiger partial charge is 0.493 e. The van der Waals surface area contributed by atoms with Crippen molar-refractivity contribution < 1.29 is 41.9 Å². The van der Waals surface area contributed by atoms with Crippen molar-refractivity contribution in [3.05, 3.63) is 76.7 Å². The Morgan fingerprint density at radius 3 is 2.64 bits per heavy atom. The highest BCUT2D eigenvalue weighted by molar-refractivity contribution is 5.99. The average molecular weight is 626 g/mol. The van der Waals surface area contributed by atoms with Crippen molar-refractivity contribution in [3.8, 4) is 11.3 Å². The zero-order valence-corrected chi connectivity index (χ0v) is 24.1. The summed E-state index contributed by atoms with van der Waals surface area (Å²) in [5.41, 5.74) is 2.31. The number of ether oxygens (including phenoxy) is 2. The van der Waals surface area contributed by atoms with Gasteiger partial charge in [0.25, 0.3) is 11.8 Å². The maximum Gasteiger partial charge on any atom is 0.493 e. The molecule has 5 heterocycles. The summed E-state index contributed by atoms with van der Waals surface area (Å²) in [5.74, 6) is -3.02. The van der Waals surface area contributed by atoms with E-state index in [4.69, 9.17) is 14.3 Å². The van der Waals surface area contributed by atoms with Gasteiger partial charge in [0.2, 0.25) is 0 Å². The number of carbonyl (C=O) groups excluding carboxylic acids is 3. The van der Waals surface area contributed by atoms with Crippen LogP contribution in [0.5, 0.6) is 0 Å². The Morgan fingerprint density at radius 2 is 1.84 bits per heavy atom. The second kappa shape index (κ2) is 12.8. The van der Waals surface area contributed by atoms with E-state index < -0.39 is 18.1 Å². The molecule has 236 valence electrons. The zero-order valence-electron chi connectivity index (χ0n) is 24.1. The molecule has 3 aromatic rings. The van der Waals surface area contributed by atoms with Crippen molar-refractivity contribution in [1.82, 2.24) is 24.8 Å². The molecule has 1 aromatic carbocycles. The van der Waals surface area contributed by atoms with Crippen molar-refractivity contribution in [1.29, 1.82) is 0 Å². The molecule has 1 unspecified atom stereocenters. The molecule has 0 saturated carbocycles. The summed E-state index contributed by atoms with van der Waals surface area (Å²) in [7, 11) is 0. The third kappa shape index (κ3) is 6.62. The molecule has 0 bridgehead atoms. The van der Waals surface area contributed by atoms with Crippen LogP contribution in [-0.2, 0) is 20.7 Å². The zero-order chi connectivity index (χ0) is 31.6. The van der Waals surface area contributed by atoms with Gasteiger partial charge < -0.3 is 24.5 Å². The number of halogens is 3. The van der Waals surface area contributed by atoms with Crippen molar-refractivity contribution >= 4 is 29.9 Å². The number of aromatic nitrogens is 2. The molecule has 2 saturated heterocycles. The van der Waals surface area contributed by atoms with Gasteiger partial charge in [0.05, 0.1) is 49.0 Å². The molecule has 2 fully saturated rings. The first-order valence-corrected chi connectivity index (χ1v) is 14.5. The van der Waals surface area contributed by atoms with E-state index in [0.717, 1.165) is 17.8 Å². The van der Waals surface area contributed by atoms with Gasteiger partial charge in [-0.1, -0.05) is 24.3 Å². The number of alkyl halides is 3. The van der Waals surface area contributed by atoms with Gasteiger partial charge in [-0.15, -0.1) is 0 Å². The summed E-state index contributed by atoms with van der Waals surface area (Å²) < 4.78 is 51.4. The number of fused-ring (bicyclic) bond motifs is 1. The average Bonchev–Trinajstić information content (AvgIpc) is 3.43. The molecular formula is C31H30F3N5O6. The highest BCUT2D eigenvalue weighted by atomic mass is 19.4. The minimum absolute atomic E-state index is 0.0874. The Bertz CT molecular complexity index is 1630. The lowest BCUT2D eigenvalue weighted by Crippen LogP contribution is -2.55. The monoisotopic (exact) mass is 625 g/mol. The molecule has 14 heteroatoms. The second-order valence-electron chi connectivity index (χ2n) is 10.7. The molecular weight excluding hydrogens is 595 g/mol. The molecule has 45 heavy (non-hydrogen) atoms. The molecule has 0 radical (unpaired) electrons. The summed E-state index contributed by atoms with van der Waals surface area (Å²) in [6.45, 7) is 4.22. The number of nitrogens with one attached hydrogen (secondary N) is 1. The number of rotatable bonds is 6. The highest BCUT2D eigenvalue weighted by Crippen LogP contribution is 2.29. The number of morpholine rings is 2. The van der Waals surface area contributed by atoms with Crippen LogP contribution in [0, 0.1) is 0 Å². The lowest BCUT2D eigenvalue weighted by molar-refractivity contribution is -0.199. The summed E-state index contributed by atoms with van der Waals surface area (Å²) in [5, 5.41) is 2.64. The Balaban J connectivity index is 1.25. The van der Waals surface area contributed by atoms with Gasteiger partial charge in [-0.3, -0.25) is 19.5 Å². The predicted molar refractivity (Wildman–Crippen MR) is 155 cm³/mol. The number of hydrogen-bond acceptors (Lipinski definition) is 8. The molecule has 1 N–H and O–H groups in total. The Kier molecular flexibility index (Phi) is 8.70. The quantitative estimate of drug-likeness (QED) is 0.445. The van der Waals surface area contributed by atoms with Gasteiger partial charge in [0.1, 0.15) is 6.23 Å². The Labute approximate surface area is 256 Å². The van der Waals surface area contributed by atoms with E-state index >= 15 is 0 Å². The number of carbonyl (C=O) groups is 3. The number of amides is 2. The van der Waals surface area contributed by atoms with Crippen LogP contribution >= 0.6 is 0 Å². The van der Waals surface area contributed by atoms with Crippen molar-refractivity contribution in [2.24, 2.45) is 0 Å². The first kappa shape index (κ1) is 30.5. The maximum atomic E-state index is 13.6. The lowest BCUT2D eigenvalue weighted by atomic mass is 10.0. The van der Waals surface area contributed by atoms with E-state index in [2.05, 4.69) is 15.2 Å². The van der Waals surface area contributed by atoms with Crippen molar-refractivity contribution in [3.63, 3.8) is 0 Å². The minimum atomic E-state index is -5.23. The topological polar surface area (TPSA) is 115 Å². The van der Waals surface area contributed by atoms with E-state index in [0.29, 0.717) is 55.3 Å². The van der Waals surface area contributed by atoms with Gasteiger partial charge >= 0.3 is 12.1 Å². The summed E-state index contributed by atoms with van der Waals surface area (Å²) in [6, 6.07) is 11.7. The smallest absolute Gasteiger partial charge is 0.379 e. The third-order valence-corrected chi connectivity index (χ3v) is 7.84. The molecule has 11 nitrogen and oxygen atoms in total. The first-order chi connectivity index (χ1) is 21.7. The van der Waals surface area contributed by atoms with E-state index in [1.165, 1.54) is 18.3 Å². The fraction of sp³-hybridized carbons (Fsp3) is 0.355. The number of benzene rings is 1. The van der Waals surface area contributed by atoms with Crippen LogP contribution in [0.1, 0.15) is 37.7 Å². The van der Waals surface area contributed by atoms with Crippen LogP contribution < -0.4 is 10.2 Å². The van der Waals surface area contributed by atoms with Gasteiger partial charge in [0, 0.05) is 49.9 Å². The van der Waals surface area contributed by atoms with E-state index in [1.54, 1.807) is 35.3 Å². The van der Waals surface area contributed by atoms with Crippen LogP contribution in [0.25, 0.3) is 23.4 Å². The molecule has 2 aromatic heterocycles. The molecule has 1 atom stereocenters. The Morgan fingerprint density at radius 1 is 1.04 bits per heavy atom. The molecule has 3 aliphatic heterocycles. The fourth-order valence-corrected chi connectivity index (χ4v) is 5.58. The van der Waals surface area contributed by atoms with Crippen LogP contribution in [0.15, 0.2) is 48.7 Å². The minimum Gasteiger partial charge on any atom is -0.379 e. The molecule has 6 rings (SSSR count). The molecule has 0 aliphatic carbocycles. The van der Waals surface area contributed by atoms with Crippen LogP contribution in [-0.4, -0.2) is 102 Å². The van der Waals surface area contributed by atoms with E-state index in [-0.39, 0.29) is 42.1 Å². The highest BCUT2D eigenvalue weighted by Gasteiger charge is 2.43. The van der Waals surface area contributed by atoms with Gasteiger partial charge in [-0.25, -0.2) is 4.79 Å². The van der Waals surface area contributed by atoms with Crippen LogP contribution in [0.4, 0.5) is 13.2 Å².